The van der Waals surface area contributed by atoms with Crippen molar-refractivity contribution in [3.05, 3.63) is 42.1 Å². The molecule has 130 valence electrons. The molecule has 6 nitrogen and oxygen atoms in total. The van der Waals surface area contributed by atoms with Crippen molar-refractivity contribution in [2.75, 3.05) is 18.5 Å². The van der Waals surface area contributed by atoms with Gasteiger partial charge in [0.25, 0.3) is 0 Å². The van der Waals surface area contributed by atoms with E-state index >= 15 is 0 Å². The molecule has 1 aromatic carbocycles. The van der Waals surface area contributed by atoms with Gasteiger partial charge in [-0.15, -0.1) is 0 Å². The van der Waals surface area contributed by atoms with E-state index in [2.05, 4.69) is 5.32 Å². The van der Waals surface area contributed by atoms with E-state index in [4.69, 9.17) is 9.72 Å². The Morgan fingerprint density at radius 2 is 2.16 bits per heavy atom. The van der Waals surface area contributed by atoms with Gasteiger partial charge >= 0.3 is 0 Å². The highest BCUT2D eigenvalue weighted by Gasteiger charge is 2.20. The van der Waals surface area contributed by atoms with E-state index in [0.717, 1.165) is 36.5 Å². The van der Waals surface area contributed by atoms with Crippen molar-refractivity contribution in [1.82, 2.24) is 9.38 Å². The van der Waals surface area contributed by atoms with Crippen LogP contribution in [0.4, 0.5) is 5.82 Å². The van der Waals surface area contributed by atoms with Crippen LogP contribution in [0.15, 0.2) is 36.5 Å². The fraction of sp³-hybridized carbons (Fsp3) is 0.316. The van der Waals surface area contributed by atoms with Gasteiger partial charge in [-0.1, -0.05) is 0 Å². The molecule has 3 aromatic rings. The van der Waals surface area contributed by atoms with E-state index in [1.54, 1.807) is 12.1 Å². The normalized spacial score (nSPS) is 17.2. The molecule has 6 heteroatoms. The van der Waals surface area contributed by atoms with Gasteiger partial charge in [0.1, 0.15) is 28.7 Å². The summed E-state index contributed by atoms with van der Waals surface area (Å²) < 4.78 is 7.67. The minimum Gasteiger partial charge on any atom is -0.508 e. The van der Waals surface area contributed by atoms with Crippen molar-refractivity contribution >= 4 is 11.5 Å². The van der Waals surface area contributed by atoms with E-state index in [-0.39, 0.29) is 17.6 Å². The molecule has 4 rings (SSSR count). The van der Waals surface area contributed by atoms with Crippen LogP contribution in [0.5, 0.6) is 11.5 Å². The highest BCUT2D eigenvalue weighted by Crippen LogP contribution is 2.36. The summed E-state index contributed by atoms with van der Waals surface area (Å²) >= 11 is 0. The predicted molar refractivity (Wildman–Crippen MR) is 96.2 cm³/mol. The number of fused-ring (bicyclic) bond motifs is 1. The summed E-state index contributed by atoms with van der Waals surface area (Å²) in [7, 11) is 0. The number of nitrogens with one attached hydrogen (secondary N) is 1. The number of hydrogen-bond acceptors (Lipinski definition) is 5. The molecule has 3 N–H and O–H groups in total. The number of anilines is 1. The molecule has 1 fully saturated rings. The molecule has 0 aliphatic carbocycles. The highest BCUT2D eigenvalue weighted by atomic mass is 16.5. The van der Waals surface area contributed by atoms with E-state index in [1.807, 2.05) is 29.7 Å². The lowest BCUT2D eigenvalue weighted by Crippen LogP contribution is -2.19. The number of rotatable bonds is 4. The summed E-state index contributed by atoms with van der Waals surface area (Å²) in [5.41, 5.74) is 3.15. The fourth-order valence-electron chi connectivity index (χ4n) is 3.24. The smallest absolute Gasteiger partial charge is 0.139 e. The third-order valence-electron chi connectivity index (χ3n) is 4.54. The Labute approximate surface area is 145 Å². The molecule has 1 aliphatic heterocycles. The van der Waals surface area contributed by atoms with Gasteiger partial charge in [0.15, 0.2) is 0 Å². The Bertz CT molecular complexity index is 914. The molecule has 2 aromatic heterocycles. The molecule has 3 heterocycles. The third-order valence-corrected chi connectivity index (χ3v) is 4.54. The molecule has 25 heavy (non-hydrogen) atoms. The number of aromatic nitrogens is 2. The van der Waals surface area contributed by atoms with Crippen molar-refractivity contribution in [3.63, 3.8) is 0 Å². The Balaban J connectivity index is 1.79. The topological polar surface area (TPSA) is 79.0 Å². The highest BCUT2D eigenvalue weighted by molar-refractivity contribution is 5.80. The van der Waals surface area contributed by atoms with E-state index in [1.165, 1.54) is 6.07 Å². The number of pyridine rings is 1. The first-order valence-electron chi connectivity index (χ1n) is 8.48. The van der Waals surface area contributed by atoms with Gasteiger partial charge in [-0.3, -0.25) is 4.40 Å². The van der Waals surface area contributed by atoms with Gasteiger partial charge in [0, 0.05) is 31.0 Å². The lowest BCUT2D eigenvalue weighted by molar-refractivity contribution is 0.120. The molecule has 0 saturated carbocycles. The number of benzene rings is 1. The summed E-state index contributed by atoms with van der Waals surface area (Å²) in [5, 5.41) is 23.3. The third kappa shape index (κ3) is 3.00. The summed E-state index contributed by atoms with van der Waals surface area (Å²) in [6, 6.07) is 8.57. The molecule has 0 unspecified atom stereocenters. The minimum absolute atomic E-state index is 0.000273. The zero-order valence-electron chi connectivity index (χ0n) is 14.1. The van der Waals surface area contributed by atoms with E-state index in [9.17, 15) is 10.2 Å². The minimum atomic E-state index is 0.000273. The number of ether oxygens (including phenoxy) is 1. The number of imidazole rings is 1. The van der Waals surface area contributed by atoms with E-state index in [0.29, 0.717) is 17.8 Å². The number of phenols is 2. The maximum absolute atomic E-state index is 10.3. The molecule has 1 saturated heterocycles. The van der Waals surface area contributed by atoms with Gasteiger partial charge in [0.05, 0.1) is 6.10 Å². The van der Waals surface area contributed by atoms with Crippen molar-refractivity contribution in [2.24, 2.45) is 0 Å². The van der Waals surface area contributed by atoms with Crippen molar-refractivity contribution in [1.29, 1.82) is 0 Å². The fourth-order valence-corrected chi connectivity index (χ4v) is 3.24. The molecule has 0 bridgehead atoms. The molecular formula is C19H21N3O3. The van der Waals surface area contributed by atoms with Crippen molar-refractivity contribution < 1.29 is 14.9 Å². The number of aryl methyl sites for hydroxylation is 1. The Morgan fingerprint density at radius 1 is 1.28 bits per heavy atom. The van der Waals surface area contributed by atoms with Gasteiger partial charge in [-0.25, -0.2) is 4.98 Å². The van der Waals surface area contributed by atoms with Crippen molar-refractivity contribution in [3.8, 4) is 22.8 Å². The maximum Gasteiger partial charge on any atom is 0.139 e. The van der Waals surface area contributed by atoms with Crippen LogP contribution >= 0.6 is 0 Å². The standard InChI is InChI=1S/C19H21N3O3/c1-12-6-7-22-17(9-12)21-18(15-5-4-13(23)10-16(15)24)19(22)20-11-14-3-2-8-25-14/h4-7,9-10,14,20,23-24H,2-3,8,11H2,1H3/t14-/m0/s1. The van der Waals surface area contributed by atoms with Crippen LogP contribution in [-0.4, -0.2) is 38.9 Å². The zero-order valence-corrected chi connectivity index (χ0v) is 14.1. The average Bonchev–Trinajstić information content (AvgIpc) is 3.20. The Kier molecular flexibility index (Phi) is 3.97. The number of phenolic OH excluding ortho intramolecular Hbond substituents is 2. The summed E-state index contributed by atoms with van der Waals surface area (Å²) in [4.78, 5) is 4.70. The molecule has 0 radical (unpaired) electrons. The first-order valence-corrected chi connectivity index (χ1v) is 8.48. The second-order valence-corrected chi connectivity index (χ2v) is 6.46. The number of hydrogen-bond donors (Lipinski definition) is 3. The van der Waals surface area contributed by atoms with Gasteiger partial charge in [-0.05, 0) is 49.6 Å². The summed E-state index contributed by atoms with van der Waals surface area (Å²) in [6.45, 7) is 3.52. The van der Waals surface area contributed by atoms with Crippen LogP contribution in [0.25, 0.3) is 16.9 Å². The van der Waals surface area contributed by atoms with Crippen LogP contribution < -0.4 is 5.32 Å². The van der Waals surface area contributed by atoms with E-state index < -0.39 is 0 Å². The lowest BCUT2D eigenvalue weighted by atomic mass is 10.1. The van der Waals surface area contributed by atoms with Crippen LogP contribution in [0.3, 0.4) is 0 Å². The van der Waals surface area contributed by atoms with Gasteiger partial charge in [0.2, 0.25) is 0 Å². The summed E-state index contributed by atoms with van der Waals surface area (Å²) in [6.07, 6.45) is 4.29. The first-order chi connectivity index (χ1) is 12.1. The SMILES string of the molecule is Cc1ccn2c(NC[C@@H]3CCCO3)c(-c3ccc(O)cc3O)nc2c1. The molecule has 0 spiro atoms. The van der Waals surface area contributed by atoms with Crippen LogP contribution in [0.2, 0.25) is 0 Å². The quantitative estimate of drug-likeness (QED) is 0.680. The number of nitrogens with zero attached hydrogens (tertiary/aromatic N) is 2. The predicted octanol–water partition coefficient (Wildman–Crippen LogP) is 3.31. The van der Waals surface area contributed by atoms with Crippen LogP contribution in [0.1, 0.15) is 18.4 Å². The summed E-state index contributed by atoms with van der Waals surface area (Å²) in [5.74, 6) is 0.835. The van der Waals surface area contributed by atoms with Crippen LogP contribution in [0, 0.1) is 6.92 Å². The Morgan fingerprint density at radius 3 is 2.92 bits per heavy atom. The number of aromatic hydroxyl groups is 2. The average molecular weight is 339 g/mol. The Hall–Kier alpha value is -2.73. The van der Waals surface area contributed by atoms with Crippen molar-refractivity contribution in [2.45, 2.75) is 25.9 Å². The molecule has 1 aliphatic rings. The lowest BCUT2D eigenvalue weighted by Gasteiger charge is -2.13. The molecule has 0 amide bonds. The largest absolute Gasteiger partial charge is 0.508 e. The second kappa shape index (κ2) is 6.29. The van der Waals surface area contributed by atoms with Gasteiger partial charge < -0.3 is 20.3 Å². The zero-order chi connectivity index (χ0) is 17.4. The molecule has 1 atom stereocenters. The maximum atomic E-state index is 10.3. The first kappa shape index (κ1) is 15.8. The van der Waals surface area contributed by atoms with Gasteiger partial charge in [-0.2, -0.15) is 0 Å². The molecular weight excluding hydrogens is 318 g/mol. The van der Waals surface area contributed by atoms with Crippen LogP contribution in [-0.2, 0) is 4.74 Å². The second-order valence-electron chi connectivity index (χ2n) is 6.46. The monoisotopic (exact) mass is 339 g/mol.